The highest BCUT2D eigenvalue weighted by molar-refractivity contribution is 7.18. The van der Waals surface area contributed by atoms with Gasteiger partial charge in [0, 0.05) is 13.0 Å². The zero-order chi connectivity index (χ0) is 19.1. The molecule has 0 fully saturated rings. The highest BCUT2D eigenvalue weighted by Gasteiger charge is 2.10. The largest absolute Gasteiger partial charge is 0.456 e. The molecule has 0 aliphatic rings. The lowest BCUT2D eigenvalue weighted by Gasteiger charge is -2.06. The number of aromatic nitrogens is 1. The van der Waals surface area contributed by atoms with E-state index in [1.807, 2.05) is 24.3 Å². The smallest absolute Gasteiger partial charge is 0.306 e. The first-order valence-electron chi connectivity index (χ1n) is 8.61. The van der Waals surface area contributed by atoms with Gasteiger partial charge in [0.25, 0.3) is 5.91 Å². The first-order chi connectivity index (χ1) is 13.1. The molecular weight excluding hydrogens is 367 g/mol. The number of amides is 1. The first-order valence-corrected chi connectivity index (χ1v) is 9.43. The second-order valence-electron chi connectivity index (χ2n) is 5.96. The van der Waals surface area contributed by atoms with Crippen molar-refractivity contribution >= 4 is 33.4 Å². The number of esters is 1. The van der Waals surface area contributed by atoms with Crippen molar-refractivity contribution in [3.05, 3.63) is 64.9 Å². The molecule has 3 aromatic rings. The average molecular weight is 386 g/mol. The number of benzene rings is 2. The van der Waals surface area contributed by atoms with Crippen molar-refractivity contribution in [2.75, 3.05) is 13.2 Å². The number of nitrogens with one attached hydrogen (secondary N) is 1. The van der Waals surface area contributed by atoms with Crippen molar-refractivity contribution in [2.45, 2.75) is 19.3 Å². The number of hydrogen-bond donors (Lipinski definition) is 1. The van der Waals surface area contributed by atoms with Crippen LogP contribution in [0, 0.1) is 5.82 Å². The second kappa shape index (κ2) is 9.23. The summed E-state index contributed by atoms with van der Waals surface area (Å²) < 4.78 is 18.9. The lowest BCUT2D eigenvalue weighted by atomic mass is 10.1. The van der Waals surface area contributed by atoms with Crippen LogP contribution in [0.3, 0.4) is 0 Å². The van der Waals surface area contributed by atoms with Crippen LogP contribution >= 0.6 is 11.3 Å². The quantitative estimate of drug-likeness (QED) is 0.604. The zero-order valence-electron chi connectivity index (χ0n) is 14.6. The van der Waals surface area contributed by atoms with Crippen LogP contribution in [0.2, 0.25) is 0 Å². The van der Waals surface area contributed by atoms with Crippen molar-refractivity contribution < 1.29 is 18.7 Å². The second-order valence-corrected chi connectivity index (χ2v) is 7.08. The van der Waals surface area contributed by atoms with Crippen LogP contribution in [0.4, 0.5) is 4.39 Å². The number of aryl methyl sites for hydroxylation is 1. The maximum atomic E-state index is 12.8. The van der Waals surface area contributed by atoms with E-state index < -0.39 is 5.97 Å². The number of hydrogen-bond acceptors (Lipinski definition) is 5. The van der Waals surface area contributed by atoms with Gasteiger partial charge >= 0.3 is 5.97 Å². The Kier molecular flexibility index (Phi) is 6.49. The summed E-state index contributed by atoms with van der Waals surface area (Å²) in [6, 6.07) is 13.9. The molecule has 2 aromatic carbocycles. The van der Waals surface area contributed by atoms with Gasteiger partial charge in [-0.2, -0.15) is 0 Å². The normalized spacial score (nSPS) is 10.7. The van der Waals surface area contributed by atoms with Crippen molar-refractivity contribution in [1.82, 2.24) is 10.3 Å². The van der Waals surface area contributed by atoms with Crippen molar-refractivity contribution in [3.63, 3.8) is 0 Å². The molecule has 0 spiro atoms. The van der Waals surface area contributed by atoms with Crippen molar-refractivity contribution in [2.24, 2.45) is 0 Å². The van der Waals surface area contributed by atoms with Crippen LogP contribution in [0.5, 0.6) is 0 Å². The first kappa shape index (κ1) is 19.0. The number of ether oxygens (including phenoxy) is 1. The summed E-state index contributed by atoms with van der Waals surface area (Å²) in [4.78, 5) is 28.0. The number of halogens is 1. The summed E-state index contributed by atoms with van der Waals surface area (Å²) in [5.74, 6) is -1.08. The molecule has 3 rings (SSSR count). The molecule has 1 N–H and O–H groups in total. The van der Waals surface area contributed by atoms with Crippen molar-refractivity contribution in [1.29, 1.82) is 0 Å². The Balaban J connectivity index is 1.33. The van der Waals surface area contributed by atoms with Crippen LogP contribution < -0.4 is 5.32 Å². The third-order valence-corrected chi connectivity index (χ3v) is 4.99. The number of carbonyl (C=O) groups excluding carboxylic acids is 2. The molecule has 5 nitrogen and oxygen atoms in total. The number of carbonyl (C=O) groups is 2. The molecule has 0 aliphatic carbocycles. The Labute approximate surface area is 160 Å². The predicted octanol–water partition coefficient (Wildman–Crippen LogP) is 3.27. The van der Waals surface area contributed by atoms with Gasteiger partial charge in [-0.15, -0.1) is 11.3 Å². The Hall–Kier alpha value is -2.80. The van der Waals surface area contributed by atoms with Gasteiger partial charge < -0.3 is 10.1 Å². The molecule has 0 atom stereocenters. The van der Waals surface area contributed by atoms with Gasteiger partial charge in [0.15, 0.2) is 6.61 Å². The van der Waals surface area contributed by atoms with Crippen LogP contribution in [0.15, 0.2) is 48.5 Å². The average Bonchev–Trinajstić information content (AvgIpc) is 3.09. The number of para-hydroxylation sites is 1. The summed E-state index contributed by atoms with van der Waals surface area (Å²) in [6.07, 6.45) is 1.25. The van der Waals surface area contributed by atoms with E-state index in [0.717, 1.165) is 20.8 Å². The maximum Gasteiger partial charge on any atom is 0.306 e. The van der Waals surface area contributed by atoms with Gasteiger partial charge in [0.05, 0.1) is 21.6 Å². The molecule has 27 heavy (non-hydrogen) atoms. The summed E-state index contributed by atoms with van der Waals surface area (Å²) in [7, 11) is 0. The van der Waals surface area contributed by atoms with Gasteiger partial charge in [-0.25, -0.2) is 9.37 Å². The lowest BCUT2D eigenvalue weighted by molar-refractivity contribution is -0.148. The zero-order valence-corrected chi connectivity index (χ0v) is 15.4. The van der Waals surface area contributed by atoms with Gasteiger partial charge in [-0.05, 0) is 36.2 Å². The Morgan fingerprint density at radius 2 is 1.85 bits per heavy atom. The summed E-state index contributed by atoms with van der Waals surface area (Å²) in [5.41, 5.74) is 1.84. The van der Waals surface area contributed by atoms with Crippen LogP contribution in [-0.2, 0) is 27.2 Å². The minimum absolute atomic E-state index is 0.183. The van der Waals surface area contributed by atoms with Gasteiger partial charge in [-0.3, -0.25) is 9.59 Å². The summed E-state index contributed by atoms with van der Waals surface area (Å²) in [6.45, 7) is 0.0931. The molecule has 0 unspecified atom stereocenters. The highest BCUT2D eigenvalue weighted by Crippen LogP contribution is 2.22. The summed E-state index contributed by atoms with van der Waals surface area (Å²) in [5, 5.41) is 3.54. The van der Waals surface area contributed by atoms with E-state index in [9.17, 15) is 14.0 Å². The fourth-order valence-electron chi connectivity index (χ4n) is 2.50. The molecule has 7 heteroatoms. The van der Waals surface area contributed by atoms with Gasteiger partial charge in [0.1, 0.15) is 5.82 Å². The topological polar surface area (TPSA) is 68.3 Å². The Morgan fingerprint density at radius 3 is 2.63 bits per heavy atom. The van der Waals surface area contributed by atoms with E-state index in [4.69, 9.17) is 4.74 Å². The maximum absolute atomic E-state index is 12.8. The molecule has 1 heterocycles. The highest BCUT2D eigenvalue weighted by atomic mass is 32.1. The monoisotopic (exact) mass is 386 g/mol. The molecule has 0 bridgehead atoms. The van der Waals surface area contributed by atoms with E-state index in [0.29, 0.717) is 19.4 Å². The van der Waals surface area contributed by atoms with E-state index >= 15 is 0 Å². The fraction of sp³-hybridized carbons (Fsp3) is 0.250. The molecule has 0 saturated carbocycles. The Morgan fingerprint density at radius 1 is 1.07 bits per heavy atom. The number of nitrogens with zero attached hydrogens (tertiary/aromatic N) is 1. The van der Waals surface area contributed by atoms with Crippen molar-refractivity contribution in [3.8, 4) is 0 Å². The fourth-order valence-corrected chi connectivity index (χ4v) is 3.47. The third-order valence-electron chi connectivity index (χ3n) is 3.89. The molecule has 1 aromatic heterocycles. The van der Waals surface area contributed by atoms with E-state index in [-0.39, 0.29) is 24.8 Å². The Bertz CT molecular complexity index is 891. The molecular formula is C20H19FN2O3S. The number of thiazole rings is 1. The lowest BCUT2D eigenvalue weighted by Crippen LogP contribution is -2.30. The molecule has 1 amide bonds. The van der Waals surface area contributed by atoms with Gasteiger partial charge in [-0.1, -0.05) is 24.3 Å². The van der Waals surface area contributed by atoms with E-state index in [1.54, 1.807) is 23.5 Å². The van der Waals surface area contributed by atoms with Gasteiger partial charge in [0.2, 0.25) is 0 Å². The number of rotatable bonds is 8. The molecule has 0 saturated heterocycles. The van der Waals surface area contributed by atoms with Crippen LogP contribution in [0.1, 0.15) is 17.0 Å². The number of fused-ring (bicyclic) bond motifs is 1. The van der Waals surface area contributed by atoms with Crippen LogP contribution in [0.25, 0.3) is 10.2 Å². The SMILES string of the molecule is O=C(COC(=O)CCc1nc2ccccc2s1)NCCc1ccc(F)cc1. The molecule has 0 aliphatic heterocycles. The summed E-state index contributed by atoms with van der Waals surface area (Å²) >= 11 is 1.55. The minimum atomic E-state index is -0.428. The third kappa shape index (κ3) is 5.86. The molecule has 140 valence electrons. The minimum Gasteiger partial charge on any atom is -0.456 e. The van der Waals surface area contributed by atoms with Crippen LogP contribution in [-0.4, -0.2) is 30.0 Å². The predicted molar refractivity (Wildman–Crippen MR) is 102 cm³/mol. The standard InChI is InChI=1S/C20H19FN2O3S/c21-15-7-5-14(6-8-15)11-12-22-18(24)13-26-20(25)10-9-19-23-16-3-1-2-4-17(16)27-19/h1-8H,9-13H2,(H,22,24). The van der Waals surface area contributed by atoms with E-state index in [2.05, 4.69) is 10.3 Å². The van der Waals surface area contributed by atoms with E-state index in [1.165, 1.54) is 12.1 Å². The molecule has 0 radical (unpaired) electrons.